The Kier molecular flexibility index (Phi) is 7.26. The van der Waals surface area contributed by atoms with Gasteiger partial charge in [-0.25, -0.2) is 4.98 Å². The second-order valence-corrected chi connectivity index (χ2v) is 8.27. The minimum Gasteiger partial charge on any atom is -0.492 e. The summed E-state index contributed by atoms with van der Waals surface area (Å²) in [4.78, 5) is 18.8. The van der Waals surface area contributed by atoms with Gasteiger partial charge in [0.05, 0.1) is 18.4 Å². The lowest BCUT2D eigenvalue weighted by Crippen LogP contribution is -2.60. The molecule has 0 bridgehead atoms. The number of amides is 1. The van der Waals surface area contributed by atoms with E-state index in [9.17, 15) is 9.90 Å². The fourth-order valence-corrected chi connectivity index (χ4v) is 3.64. The highest BCUT2D eigenvalue weighted by Gasteiger charge is 2.49. The summed E-state index contributed by atoms with van der Waals surface area (Å²) < 4.78 is 5.80. The van der Waals surface area contributed by atoms with Gasteiger partial charge in [-0.3, -0.25) is 9.69 Å². The SMILES string of the molecule is CC.CC(C)CCOc1cnc2c(c1)CCC(=O)N2C1CC(O)(C(C)C)C1. The number of rotatable bonds is 6. The second kappa shape index (κ2) is 9.05. The molecule has 5 heteroatoms. The van der Waals surface area contributed by atoms with Gasteiger partial charge in [-0.1, -0.05) is 41.5 Å². The standard InChI is InChI=1S/C20H30N2O3.C2H6/c1-13(2)7-8-25-17-9-15-5-6-18(23)22(19(15)21-12-17)16-10-20(24,11-16)14(3)4;1-2/h9,12-14,16,24H,5-8,10-11H2,1-4H3;1-2H3. The van der Waals surface area contributed by atoms with Gasteiger partial charge in [0.1, 0.15) is 11.6 Å². The van der Waals surface area contributed by atoms with Gasteiger partial charge in [-0.2, -0.15) is 0 Å². The van der Waals surface area contributed by atoms with Crippen molar-refractivity contribution in [3.8, 4) is 5.75 Å². The van der Waals surface area contributed by atoms with Crippen LogP contribution in [0.3, 0.4) is 0 Å². The first-order valence-electron chi connectivity index (χ1n) is 10.5. The molecule has 2 heterocycles. The number of carbonyl (C=O) groups excluding carboxylic acids is 1. The number of aromatic nitrogens is 1. The molecule has 152 valence electrons. The Morgan fingerprint density at radius 1 is 1.26 bits per heavy atom. The average molecular weight is 377 g/mol. The maximum absolute atomic E-state index is 12.5. The lowest BCUT2D eigenvalue weighted by Gasteiger charge is -2.51. The lowest BCUT2D eigenvalue weighted by molar-refractivity contribution is -0.124. The van der Waals surface area contributed by atoms with E-state index in [0.717, 1.165) is 23.6 Å². The van der Waals surface area contributed by atoms with Crippen LogP contribution in [0.25, 0.3) is 0 Å². The molecule has 0 saturated heterocycles. The Bertz CT molecular complexity index is 636. The van der Waals surface area contributed by atoms with Crippen LogP contribution in [-0.2, 0) is 11.2 Å². The van der Waals surface area contributed by atoms with Crippen LogP contribution in [-0.4, -0.2) is 34.2 Å². The first-order chi connectivity index (χ1) is 12.8. The van der Waals surface area contributed by atoms with E-state index in [1.807, 2.05) is 38.7 Å². The summed E-state index contributed by atoms with van der Waals surface area (Å²) in [6.45, 7) is 13.1. The normalized spacial score (nSPS) is 24.3. The Balaban J connectivity index is 0.00000126. The van der Waals surface area contributed by atoms with Gasteiger partial charge in [-0.15, -0.1) is 0 Å². The largest absolute Gasteiger partial charge is 0.492 e. The molecule has 27 heavy (non-hydrogen) atoms. The van der Waals surface area contributed by atoms with Gasteiger partial charge < -0.3 is 9.84 Å². The Labute approximate surface area is 164 Å². The number of pyridine rings is 1. The number of hydrogen-bond donors (Lipinski definition) is 1. The quantitative estimate of drug-likeness (QED) is 0.801. The van der Waals surface area contributed by atoms with Crippen LogP contribution >= 0.6 is 0 Å². The van der Waals surface area contributed by atoms with Crippen molar-refractivity contribution in [2.45, 2.75) is 85.3 Å². The van der Waals surface area contributed by atoms with E-state index in [-0.39, 0.29) is 17.9 Å². The third-order valence-corrected chi connectivity index (χ3v) is 5.60. The highest BCUT2D eigenvalue weighted by Crippen LogP contribution is 2.44. The minimum atomic E-state index is -0.650. The number of carbonyl (C=O) groups is 1. The third kappa shape index (κ3) is 4.81. The molecule has 0 spiro atoms. The van der Waals surface area contributed by atoms with Crippen molar-refractivity contribution in [1.82, 2.24) is 4.98 Å². The van der Waals surface area contributed by atoms with Gasteiger partial charge in [0, 0.05) is 12.5 Å². The van der Waals surface area contributed by atoms with E-state index in [2.05, 4.69) is 18.8 Å². The van der Waals surface area contributed by atoms with Crippen molar-refractivity contribution >= 4 is 11.7 Å². The van der Waals surface area contributed by atoms with Gasteiger partial charge in [0.15, 0.2) is 0 Å². The minimum absolute atomic E-state index is 0.0548. The van der Waals surface area contributed by atoms with Crippen molar-refractivity contribution < 1.29 is 14.6 Å². The molecule has 1 aliphatic carbocycles. The van der Waals surface area contributed by atoms with E-state index in [0.29, 0.717) is 38.2 Å². The van der Waals surface area contributed by atoms with E-state index < -0.39 is 5.60 Å². The molecular formula is C22H36N2O3. The van der Waals surface area contributed by atoms with Crippen molar-refractivity contribution in [2.75, 3.05) is 11.5 Å². The zero-order valence-electron chi connectivity index (χ0n) is 17.8. The average Bonchev–Trinajstić information content (AvgIpc) is 2.60. The summed E-state index contributed by atoms with van der Waals surface area (Å²) in [6.07, 6.45) is 5.20. The summed E-state index contributed by atoms with van der Waals surface area (Å²) >= 11 is 0. The van der Waals surface area contributed by atoms with Crippen LogP contribution in [0.5, 0.6) is 5.75 Å². The molecule has 0 aromatic carbocycles. The fourth-order valence-electron chi connectivity index (χ4n) is 3.64. The number of fused-ring (bicyclic) bond motifs is 1. The zero-order valence-corrected chi connectivity index (χ0v) is 17.8. The molecule has 1 aromatic rings. The number of hydrogen-bond acceptors (Lipinski definition) is 4. The maximum atomic E-state index is 12.5. The second-order valence-electron chi connectivity index (χ2n) is 8.27. The molecule has 1 aromatic heterocycles. The molecule has 3 rings (SSSR count). The van der Waals surface area contributed by atoms with Crippen LogP contribution in [0.4, 0.5) is 5.82 Å². The maximum Gasteiger partial charge on any atom is 0.228 e. The molecule has 1 aliphatic heterocycles. The number of aryl methyl sites for hydroxylation is 1. The van der Waals surface area contributed by atoms with Crippen LogP contribution in [0.15, 0.2) is 12.3 Å². The van der Waals surface area contributed by atoms with Crippen molar-refractivity contribution in [3.63, 3.8) is 0 Å². The third-order valence-electron chi connectivity index (χ3n) is 5.60. The summed E-state index contributed by atoms with van der Waals surface area (Å²) in [5.41, 5.74) is 0.421. The molecule has 0 atom stereocenters. The topological polar surface area (TPSA) is 62.7 Å². The molecule has 0 radical (unpaired) electrons. The highest BCUT2D eigenvalue weighted by atomic mass is 16.5. The molecule has 5 nitrogen and oxygen atoms in total. The van der Waals surface area contributed by atoms with Crippen molar-refractivity contribution in [3.05, 3.63) is 17.8 Å². The molecule has 0 unspecified atom stereocenters. The van der Waals surface area contributed by atoms with Crippen molar-refractivity contribution in [2.24, 2.45) is 11.8 Å². The molecule has 1 amide bonds. The highest BCUT2D eigenvalue weighted by molar-refractivity contribution is 5.96. The van der Waals surface area contributed by atoms with E-state index >= 15 is 0 Å². The van der Waals surface area contributed by atoms with Gasteiger partial charge in [-0.05, 0) is 49.1 Å². The number of aliphatic hydroxyl groups is 1. The fraction of sp³-hybridized carbons (Fsp3) is 0.727. The molecule has 2 aliphatic rings. The molecule has 1 saturated carbocycles. The molecule has 1 fully saturated rings. The van der Waals surface area contributed by atoms with Crippen LogP contribution in [0.1, 0.15) is 72.8 Å². The summed E-state index contributed by atoms with van der Waals surface area (Å²) in [5, 5.41) is 10.5. The first-order valence-corrected chi connectivity index (χ1v) is 10.5. The predicted molar refractivity (Wildman–Crippen MR) is 109 cm³/mol. The van der Waals surface area contributed by atoms with E-state index in [1.165, 1.54) is 0 Å². The van der Waals surface area contributed by atoms with Gasteiger partial charge in [0.2, 0.25) is 5.91 Å². The molecule has 1 N–H and O–H groups in total. The Morgan fingerprint density at radius 3 is 2.52 bits per heavy atom. The summed E-state index contributed by atoms with van der Waals surface area (Å²) in [5.74, 6) is 2.46. The summed E-state index contributed by atoms with van der Waals surface area (Å²) in [7, 11) is 0. The number of ether oxygens (including phenoxy) is 1. The van der Waals surface area contributed by atoms with Crippen LogP contribution in [0.2, 0.25) is 0 Å². The number of nitrogens with zero attached hydrogens (tertiary/aromatic N) is 2. The monoisotopic (exact) mass is 376 g/mol. The first kappa shape index (κ1) is 21.7. The number of anilines is 1. The zero-order chi connectivity index (χ0) is 20.2. The van der Waals surface area contributed by atoms with Crippen molar-refractivity contribution in [1.29, 1.82) is 0 Å². The van der Waals surface area contributed by atoms with Gasteiger partial charge >= 0.3 is 0 Å². The lowest BCUT2D eigenvalue weighted by atomic mass is 9.68. The smallest absolute Gasteiger partial charge is 0.228 e. The van der Waals surface area contributed by atoms with E-state index in [4.69, 9.17) is 4.74 Å². The van der Waals surface area contributed by atoms with Crippen LogP contribution in [0, 0.1) is 11.8 Å². The van der Waals surface area contributed by atoms with Crippen LogP contribution < -0.4 is 9.64 Å². The Hall–Kier alpha value is -1.62. The predicted octanol–water partition coefficient (Wildman–Crippen LogP) is 4.36. The summed E-state index contributed by atoms with van der Waals surface area (Å²) in [6, 6.07) is 2.08. The van der Waals surface area contributed by atoms with E-state index in [1.54, 1.807) is 6.20 Å². The Morgan fingerprint density at radius 2 is 1.93 bits per heavy atom. The van der Waals surface area contributed by atoms with Gasteiger partial charge in [0.25, 0.3) is 0 Å². The molecular weight excluding hydrogens is 340 g/mol.